The minimum atomic E-state index is 0.566. The third-order valence-corrected chi connectivity index (χ3v) is 3.35. The van der Waals surface area contributed by atoms with E-state index in [1.807, 2.05) is 0 Å². The summed E-state index contributed by atoms with van der Waals surface area (Å²) in [7, 11) is 0. The molecule has 1 aromatic rings. The van der Waals surface area contributed by atoms with Gasteiger partial charge in [0.2, 0.25) is 5.95 Å². The summed E-state index contributed by atoms with van der Waals surface area (Å²) in [6.45, 7) is 3.82. The monoisotopic (exact) mass is 221 g/mol. The quantitative estimate of drug-likeness (QED) is 0.849. The Labute approximate surface area is 96.0 Å². The van der Waals surface area contributed by atoms with E-state index < -0.39 is 0 Å². The van der Waals surface area contributed by atoms with E-state index in [2.05, 4.69) is 28.0 Å². The van der Waals surface area contributed by atoms with Gasteiger partial charge in [-0.05, 0) is 32.6 Å². The zero-order chi connectivity index (χ0) is 11.0. The summed E-state index contributed by atoms with van der Waals surface area (Å²) in [4.78, 5) is 4.58. The van der Waals surface area contributed by atoms with Crippen LogP contribution in [-0.4, -0.2) is 28.8 Å². The number of nitrogens with one attached hydrogen (secondary N) is 1. The van der Waals surface area contributed by atoms with E-state index in [-0.39, 0.29) is 0 Å². The number of aryl methyl sites for hydroxylation is 1. The molecule has 88 valence electrons. The summed E-state index contributed by atoms with van der Waals surface area (Å²) < 4.78 is 7.72. The number of hydrogen-bond acceptors (Lipinski definition) is 3. The van der Waals surface area contributed by atoms with E-state index in [0.29, 0.717) is 12.1 Å². The fraction of sp³-hybridized carbons (Fsp3) is 0.750. The average Bonchev–Trinajstić information content (AvgIpc) is 3.03. The van der Waals surface area contributed by atoms with Gasteiger partial charge in [-0.25, -0.2) is 4.98 Å². The first kappa shape index (κ1) is 10.1. The Balaban J connectivity index is 1.79. The summed E-state index contributed by atoms with van der Waals surface area (Å²) in [5.41, 5.74) is 1.11. The van der Waals surface area contributed by atoms with Crippen molar-refractivity contribution in [2.45, 2.75) is 44.7 Å². The second-order valence-corrected chi connectivity index (χ2v) is 4.88. The van der Waals surface area contributed by atoms with Gasteiger partial charge in [0, 0.05) is 31.5 Å². The molecule has 0 atom stereocenters. The molecule has 0 spiro atoms. The van der Waals surface area contributed by atoms with Crippen LogP contribution in [0.2, 0.25) is 0 Å². The van der Waals surface area contributed by atoms with Gasteiger partial charge in [-0.15, -0.1) is 0 Å². The molecule has 0 radical (unpaired) electrons. The predicted molar refractivity (Wildman–Crippen MR) is 62.7 cm³/mol. The first-order valence-electron chi connectivity index (χ1n) is 6.22. The summed E-state index contributed by atoms with van der Waals surface area (Å²) in [6, 6.07) is 1.23. The maximum atomic E-state index is 5.41. The molecule has 3 rings (SSSR count). The zero-order valence-corrected chi connectivity index (χ0v) is 9.78. The lowest BCUT2D eigenvalue weighted by Gasteiger charge is -2.25. The molecule has 1 N–H and O–H groups in total. The molecule has 2 heterocycles. The number of aromatic nitrogens is 2. The lowest BCUT2D eigenvalue weighted by atomic mass is 10.1. The van der Waals surface area contributed by atoms with E-state index in [1.165, 1.54) is 12.8 Å². The minimum Gasteiger partial charge on any atom is -0.381 e. The molecule has 1 saturated carbocycles. The molecular formula is C12H19N3O. The standard InChI is InChI=1S/C12H19N3O/c1-9-8-15(11-4-6-16-7-5-11)12(13-9)14-10-2-3-10/h8,10-11H,2-7H2,1H3,(H,13,14). The number of anilines is 1. The van der Waals surface area contributed by atoms with Crippen LogP contribution < -0.4 is 5.32 Å². The zero-order valence-electron chi connectivity index (χ0n) is 9.78. The van der Waals surface area contributed by atoms with Crippen molar-refractivity contribution in [2.24, 2.45) is 0 Å². The Morgan fingerprint density at radius 3 is 2.75 bits per heavy atom. The summed E-state index contributed by atoms with van der Waals surface area (Å²) >= 11 is 0. The first-order chi connectivity index (χ1) is 7.83. The van der Waals surface area contributed by atoms with Crippen LogP contribution in [0.25, 0.3) is 0 Å². The Bertz CT molecular complexity index is 364. The van der Waals surface area contributed by atoms with Gasteiger partial charge < -0.3 is 14.6 Å². The Kier molecular flexibility index (Phi) is 2.59. The minimum absolute atomic E-state index is 0.566. The van der Waals surface area contributed by atoms with Crippen LogP contribution in [0.3, 0.4) is 0 Å². The lowest BCUT2D eigenvalue weighted by molar-refractivity contribution is 0.0700. The van der Waals surface area contributed by atoms with Crippen molar-refractivity contribution in [1.29, 1.82) is 0 Å². The van der Waals surface area contributed by atoms with Gasteiger partial charge in [-0.2, -0.15) is 0 Å². The van der Waals surface area contributed by atoms with Gasteiger partial charge in [0.05, 0.1) is 5.69 Å². The maximum absolute atomic E-state index is 5.41. The number of rotatable bonds is 3. The van der Waals surface area contributed by atoms with Crippen LogP contribution in [-0.2, 0) is 4.74 Å². The molecule has 4 heteroatoms. The summed E-state index contributed by atoms with van der Waals surface area (Å²) in [5, 5.41) is 3.51. The van der Waals surface area contributed by atoms with Crippen LogP contribution in [0, 0.1) is 6.92 Å². The van der Waals surface area contributed by atoms with Crippen molar-refractivity contribution in [3.8, 4) is 0 Å². The topological polar surface area (TPSA) is 39.1 Å². The van der Waals surface area contributed by atoms with Gasteiger partial charge in [-0.3, -0.25) is 0 Å². The van der Waals surface area contributed by atoms with Crippen molar-refractivity contribution >= 4 is 5.95 Å². The van der Waals surface area contributed by atoms with Crippen LogP contribution in [0.5, 0.6) is 0 Å². The smallest absolute Gasteiger partial charge is 0.203 e. The molecule has 2 fully saturated rings. The Morgan fingerprint density at radius 1 is 1.31 bits per heavy atom. The fourth-order valence-corrected chi connectivity index (χ4v) is 2.27. The van der Waals surface area contributed by atoms with Crippen LogP contribution in [0.15, 0.2) is 6.20 Å². The summed E-state index contributed by atoms with van der Waals surface area (Å²) in [5.74, 6) is 1.06. The molecule has 1 aliphatic heterocycles. The van der Waals surface area contributed by atoms with Gasteiger partial charge in [0.25, 0.3) is 0 Å². The second kappa shape index (κ2) is 4.09. The number of imidazole rings is 1. The third kappa shape index (κ3) is 2.07. The average molecular weight is 221 g/mol. The highest BCUT2D eigenvalue weighted by Crippen LogP contribution is 2.29. The van der Waals surface area contributed by atoms with Crippen molar-refractivity contribution < 1.29 is 4.74 Å². The molecule has 16 heavy (non-hydrogen) atoms. The Hall–Kier alpha value is -1.03. The van der Waals surface area contributed by atoms with E-state index in [1.54, 1.807) is 0 Å². The van der Waals surface area contributed by atoms with E-state index >= 15 is 0 Å². The molecule has 4 nitrogen and oxygen atoms in total. The lowest BCUT2D eigenvalue weighted by Crippen LogP contribution is -2.21. The van der Waals surface area contributed by atoms with Crippen LogP contribution >= 0.6 is 0 Å². The van der Waals surface area contributed by atoms with E-state index in [0.717, 1.165) is 37.7 Å². The van der Waals surface area contributed by atoms with Crippen molar-refractivity contribution in [1.82, 2.24) is 9.55 Å². The Morgan fingerprint density at radius 2 is 2.06 bits per heavy atom. The fourth-order valence-electron chi connectivity index (χ4n) is 2.27. The maximum Gasteiger partial charge on any atom is 0.203 e. The predicted octanol–water partition coefficient (Wildman–Crippen LogP) is 2.12. The van der Waals surface area contributed by atoms with Crippen molar-refractivity contribution in [3.63, 3.8) is 0 Å². The van der Waals surface area contributed by atoms with E-state index in [4.69, 9.17) is 4.74 Å². The molecule has 1 aromatic heterocycles. The number of ether oxygens (including phenoxy) is 1. The van der Waals surface area contributed by atoms with Gasteiger partial charge in [-0.1, -0.05) is 0 Å². The number of hydrogen-bond donors (Lipinski definition) is 1. The summed E-state index contributed by atoms with van der Waals surface area (Å²) in [6.07, 6.45) is 6.96. The van der Waals surface area contributed by atoms with Crippen molar-refractivity contribution in [2.75, 3.05) is 18.5 Å². The molecule has 2 aliphatic rings. The number of nitrogens with zero attached hydrogens (tertiary/aromatic N) is 2. The molecule has 0 unspecified atom stereocenters. The highest BCUT2D eigenvalue weighted by atomic mass is 16.5. The molecule has 1 saturated heterocycles. The molecule has 0 amide bonds. The molecule has 0 aromatic carbocycles. The second-order valence-electron chi connectivity index (χ2n) is 4.88. The highest BCUT2D eigenvalue weighted by molar-refractivity contribution is 5.32. The largest absolute Gasteiger partial charge is 0.381 e. The highest BCUT2D eigenvalue weighted by Gasteiger charge is 2.25. The SMILES string of the molecule is Cc1cn(C2CCOCC2)c(NC2CC2)n1. The normalized spacial score (nSPS) is 22.3. The molecular weight excluding hydrogens is 202 g/mol. The van der Waals surface area contributed by atoms with Gasteiger partial charge in [0.15, 0.2) is 0 Å². The molecule has 0 bridgehead atoms. The van der Waals surface area contributed by atoms with E-state index in [9.17, 15) is 0 Å². The molecule has 1 aliphatic carbocycles. The van der Waals surface area contributed by atoms with Crippen LogP contribution in [0.1, 0.15) is 37.4 Å². The van der Waals surface area contributed by atoms with Crippen LogP contribution in [0.4, 0.5) is 5.95 Å². The first-order valence-corrected chi connectivity index (χ1v) is 6.22. The van der Waals surface area contributed by atoms with Gasteiger partial charge in [0.1, 0.15) is 0 Å². The van der Waals surface area contributed by atoms with Crippen molar-refractivity contribution in [3.05, 3.63) is 11.9 Å². The van der Waals surface area contributed by atoms with Gasteiger partial charge >= 0.3 is 0 Å². The third-order valence-electron chi connectivity index (χ3n) is 3.35.